The molecule has 5 heteroatoms. The highest BCUT2D eigenvalue weighted by atomic mass is 32.1. The molecule has 4 heterocycles. The van der Waals surface area contributed by atoms with Crippen molar-refractivity contribution in [3.8, 4) is 28.1 Å². The molecule has 0 atom stereocenters. The largest absolute Gasteiger partial charge is 0.436 e. The van der Waals surface area contributed by atoms with E-state index in [4.69, 9.17) is 14.4 Å². The fourth-order valence-corrected chi connectivity index (χ4v) is 9.07. The Labute approximate surface area is 284 Å². The van der Waals surface area contributed by atoms with Crippen LogP contribution in [0.1, 0.15) is 0 Å². The van der Waals surface area contributed by atoms with Gasteiger partial charge in [-0.15, -0.1) is 11.3 Å². The highest BCUT2D eigenvalue weighted by Gasteiger charge is 2.19. The molecule has 4 aromatic heterocycles. The number of thiophene rings is 1. The Morgan fingerprint density at radius 3 is 2.27 bits per heavy atom. The van der Waals surface area contributed by atoms with E-state index in [-0.39, 0.29) is 0 Å². The molecule has 11 aromatic rings. The van der Waals surface area contributed by atoms with Crippen molar-refractivity contribution in [1.29, 1.82) is 0 Å². The molecule has 0 aliphatic heterocycles. The lowest BCUT2D eigenvalue weighted by molar-refractivity contribution is 0.654. The van der Waals surface area contributed by atoms with Gasteiger partial charge in [0.25, 0.3) is 0 Å². The van der Waals surface area contributed by atoms with Crippen LogP contribution in [-0.2, 0) is 0 Å². The van der Waals surface area contributed by atoms with Crippen LogP contribution in [0.15, 0.2) is 156 Å². The van der Waals surface area contributed by atoms with E-state index in [1.807, 2.05) is 23.6 Å². The Hall–Kier alpha value is -6.30. The van der Waals surface area contributed by atoms with Crippen molar-refractivity contribution in [3.63, 3.8) is 0 Å². The zero-order valence-electron chi connectivity index (χ0n) is 26.1. The van der Waals surface area contributed by atoms with Gasteiger partial charge in [-0.05, 0) is 58.3 Å². The quantitative estimate of drug-likeness (QED) is 0.192. The predicted octanol–water partition coefficient (Wildman–Crippen LogP) is 12.3. The number of hydrogen-bond donors (Lipinski definition) is 0. The molecule has 0 bridgehead atoms. The van der Waals surface area contributed by atoms with Gasteiger partial charge in [0.2, 0.25) is 5.71 Å². The third-order valence-electron chi connectivity index (χ3n) is 9.86. The van der Waals surface area contributed by atoms with Crippen molar-refractivity contribution >= 4 is 86.3 Å². The Bertz CT molecular complexity index is 3110. The van der Waals surface area contributed by atoms with Gasteiger partial charge in [-0.2, -0.15) is 0 Å². The van der Waals surface area contributed by atoms with Crippen LogP contribution in [0.3, 0.4) is 0 Å². The maximum absolute atomic E-state index is 6.25. The zero-order chi connectivity index (χ0) is 32.1. The molecule has 49 heavy (non-hydrogen) atoms. The highest BCUT2D eigenvalue weighted by Crippen LogP contribution is 2.46. The summed E-state index contributed by atoms with van der Waals surface area (Å²) in [7, 11) is 0. The molecule has 0 aliphatic carbocycles. The van der Waals surface area contributed by atoms with Gasteiger partial charge in [-0.25, -0.2) is 9.97 Å². The molecule has 0 spiro atoms. The Morgan fingerprint density at radius 2 is 1.33 bits per heavy atom. The molecule has 0 fully saturated rings. The average molecular weight is 644 g/mol. The van der Waals surface area contributed by atoms with Crippen LogP contribution in [0.25, 0.3) is 103 Å². The summed E-state index contributed by atoms with van der Waals surface area (Å²) >= 11 is 1.89. The van der Waals surface area contributed by atoms with E-state index < -0.39 is 0 Å². The summed E-state index contributed by atoms with van der Waals surface area (Å²) < 4.78 is 11.2. The lowest BCUT2D eigenvalue weighted by atomic mass is 9.99. The van der Waals surface area contributed by atoms with E-state index in [2.05, 4.69) is 144 Å². The number of rotatable bonds is 3. The molecular formula is C44H25N3OS. The first kappa shape index (κ1) is 26.7. The van der Waals surface area contributed by atoms with E-state index in [1.165, 1.54) is 53.2 Å². The van der Waals surface area contributed by atoms with Crippen LogP contribution in [-0.4, -0.2) is 14.5 Å². The molecular weight excluding hydrogens is 619 g/mol. The average Bonchev–Trinajstić information content (AvgIpc) is 3.84. The van der Waals surface area contributed by atoms with Crippen molar-refractivity contribution in [2.45, 2.75) is 0 Å². The third-order valence-corrected chi connectivity index (χ3v) is 11.1. The Balaban J connectivity index is 1.09. The van der Waals surface area contributed by atoms with Crippen molar-refractivity contribution in [3.05, 3.63) is 152 Å². The molecule has 0 radical (unpaired) electrons. The first-order valence-electron chi connectivity index (χ1n) is 16.4. The number of benzene rings is 7. The van der Waals surface area contributed by atoms with Gasteiger partial charge in [-0.3, -0.25) is 0 Å². The van der Waals surface area contributed by atoms with E-state index in [1.54, 1.807) is 0 Å². The molecule has 0 amide bonds. The van der Waals surface area contributed by atoms with Gasteiger partial charge < -0.3 is 8.98 Å². The highest BCUT2D eigenvalue weighted by molar-refractivity contribution is 7.27. The molecule has 7 aromatic carbocycles. The van der Waals surface area contributed by atoms with Gasteiger partial charge in [0, 0.05) is 42.2 Å². The standard InChI is InChI=1S/C44H25N3OS/c1-2-13-29(14-3-1)47-36-19-7-6-16-34(36)39-37(47)22-21-33-32-18-9-17-31(42(32)49-43(33)39)27-11-8-12-28(24-27)35-25-45-41-40-30-15-5-4-10-26(30)20-23-38(40)48-44(41)46-35/h1-25H. The smallest absolute Gasteiger partial charge is 0.246 e. The summed E-state index contributed by atoms with van der Waals surface area (Å²) in [5.74, 6) is 0. The first-order chi connectivity index (χ1) is 24.3. The van der Waals surface area contributed by atoms with Crippen LogP contribution < -0.4 is 0 Å². The van der Waals surface area contributed by atoms with Crippen LogP contribution in [0.4, 0.5) is 0 Å². The zero-order valence-corrected chi connectivity index (χ0v) is 26.9. The minimum Gasteiger partial charge on any atom is -0.436 e. The summed E-state index contributed by atoms with van der Waals surface area (Å²) in [6, 6.07) is 51.8. The Kier molecular flexibility index (Phi) is 5.51. The van der Waals surface area contributed by atoms with Gasteiger partial charge in [-0.1, -0.05) is 109 Å². The third kappa shape index (κ3) is 3.85. The van der Waals surface area contributed by atoms with Gasteiger partial charge in [0.1, 0.15) is 11.1 Å². The normalized spacial score (nSPS) is 12.1. The van der Waals surface area contributed by atoms with E-state index in [0.717, 1.165) is 44.1 Å². The molecule has 0 N–H and O–H groups in total. The summed E-state index contributed by atoms with van der Waals surface area (Å²) in [4.78, 5) is 9.88. The second-order valence-electron chi connectivity index (χ2n) is 12.6. The number of nitrogens with zero attached hydrogens (tertiary/aromatic N) is 3. The van der Waals surface area contributed by atoms with Crippen LogP contribution in [0, 0.1) is 0 Å². The second kappa shape index (κ2) is 10.1. The van der Waals surface area contributed by atoms with Gasteiger partial charge in [0.15, 0.2) is 0 Å². The number of hydrogen-bond acceptors (Lipinski definition) is 4. The monoisotopic (exact) mass is 643 g/mol. The topological polar surface area (TPSA) is 43.9 Å². The molecule has 0 unspecified atom stereocenters. The summed E-state index contributed by atoms with van der Waals surface area (Å²) in [6.07, 6.45) is 1.87. The molecule has 0 saturated heterocycles. The minimum atomic E-state index is 0.555. The van der Waals surface area contributed by atoms with E-state index >= 15 is 0 Å². The SMILES string of the molecule is c1ccc(-n2c3ccccc3c3c4sc5c(-c6cccc(-c7cnc8c(n7)oc7ccc9ccccc9c78)c6)cccc5c4ccc32)cc1. The molecule has 0 aliphatic rings. The number of fused-ring (bicyclic) bond motifs is 12. The van der Waals surface area contributed by atoms with Gasteiger partial charge >= 0.3 is 0 Å². The Morgan fingerprint density at radius 1 is 0.551 bits per heavy atom. The van der Waals surface area contributed by atoms with Crippen molar-refractivity contribution in [1.82, 2.24) is 14.5 Å². The maximum atomic E-state index is 6.25. The first-order valence-corrected chi connectivity index (χ1v) is 17.2. The number of aromatic nitrogens is 3. The fraction of sp³-hybridized carbons (Fsp3) is 0. The summed E-state index contributed by atoms with van der Waals surface area (Å²) in [5.41, 5.74) is 9.92. The van der Waals surface area contributed by atoms with E-state index in [9.17, 15) is 0 Å². The molecule has 11 rings (SSSR count). The number of para-hydroxylation sites is 2. The number of furan rings is 1. The second-order valence-corrected chi connectivity index (χ2v) is 13.6. The van der Waals surface area contributed by atoms with Crippen molar-refractivity contribution in [2.75, 3.05) is 0 Å². The lowest BCUT2D eigenvalue weighted by Crippen LogP contribution is -1.92. The van der Waals surface area contributed by atoms with Crippen molar-refractivity contribution < 1.29 is 4.42 Å². The van der Waals surface area contributed by atoms with Crippen LogP contribution in [0.5, 0.6) is 0 Å². The maximum Gasteiger partial charge on any atom is 0.246 e. The van der Waals surface area contributed by atoms with Gasteiger partial charge in [0.05, 0.1) is 28.3 Å². The fourth-order valence-electron chi connectivity index (χ4n) is 7.68. The summed E-state index contributed by atoms with van der Waals surface area (Å²) in [5, 5.41) is 8.44. The predicted molar refractivity (Wildman–Crippen MR) is 205 cm³/mol. The molecule has 4 nitrogen and oxygen atoms in total. The molecule has 228 valence electrons. The van der Waals surface area contributed by atoms with Crippen LogP contribution in [0.2, 0.25) is 0 Å². The van der Waals surface area contributed by atoms with Crippen molar-refractivity contribution in [2.24, 2.45) is 0 Å². The molecule has 0 saturated carbocycles. The summed E-state index contributed by atoms with van der Waals surface area (Å²) in [6.45, 7) is 0. The van der Waals surface area contributed by atoms with E-state index in [0.29, 0.717) is 5.71 Å². The van der Waals surface area contributed by atoms with Crippen LogP contribution >= 0.6 is 11.3 Å². The lowest BCUT2D eigenvalue weighted by Gasteiger charge is -2.07. The minimum absolute atomic E-state index is 0.555.